The zero-order valence-corrected chi connectivity index (χ0v) is 15.7. The van der Waals surface area contributed by atoms with Gasteiger partial charge in [-0.25, -0.2) is 0 Å². The second-order valence-corrected chi connectivity index (χ2v) is 7.28. The molecule has 150 valence electrons. The summed E-state index contributed by atoms with van der Waals surface area (Å²) in [4.78, 5) is 22.6. The van der Waals surface area contributed by atoms with E-state index in [2.05, 4.69) is 9.97 Å². The summed E-state index contributed by atoms with van der Waals surface area (Å²) in [5.41, 5.74) is 0.893. The molecule has 3 rings (SSSR count). The molecule has 0 bridgehead atoms. The maximum atomic E-state index is 12.8. The maximum Gasteiger partial charge on any atom is 0.416 e. The molecule has 1 saturated heterocycles. The molecule has 2 heterocycles. The average molecular weight is 391 g/mol. The Bertz CT molecular complexity index is 780. The summed E-state index contributed by atoms with van der Waals surface area (Å²) in [7, 11) is 0. The van der Waals surface area contributed by atoms with Crippen LogP contribution in [0.15, 0.2) is 42.9 Å². The monoisotopic (exact) mass is 391 g/mol. The number of amides is 1. The van der Waals surface area contributed by atoms with Crippen molar-refractivity contribution < 1.29 is 18.0 Å². The van der Waals surface area contributed by atoms with Gasteiger partial charge in [0.05, 0.1) is 11.3 Å². The number of hydrogen-bond donors (Lipinski definition) is 0. The van der Waals surface area contributed by atoms with Gasteiger partial charge in [0.25, 0.3) is 0 Å². The fraction of sp³-hybridized carbons (Fsp3) is 0.476. The van der Waals surface area contributed by atoms with Crippen molar-refractivity contribution >= 4 is 5.91 Å². The van der Waals surface area contributed by atoms with Gasteiger partial charge in [-0.2, -0.15) is 13.2 Å². The van der Waals surface area contributed by atoms with E-state index >= 15 is 0 Å². The van der Waals surface area contributed by atoms with Crippen LogP contribution in [0.3, 0.4) is 0 Å². The van der Waals surface area contributed by atoms with Crippen molar-refractivity contribution in [2.75, 3.05) is 13.1 Å². The van der Waals surface area contributed by atoms with Crippen LogP contribution in [-0.2, 0) is 23.8 Å². The average Bonchev–Trinajstić information content (AvgIpc) is 2.71. The number of hydrogen-bond acceptors (Lipinski definition) is 3. The van der Waals surface area contributed by atoms with Crippen molar-refractivity contribution in [3.63, 3.8) is 0 Å². The topological polar surface area (TPSA) is 46.1 Å². The van der Waals surface area contributed by atoms with Crippen LogP contribution in [0.1, 0.15) is 42.5 Å². The minimum atomic E-state index is -4.31. The minimum absolute atomic E-state index is 0.106. The second-order valence-electron chi connectivity index (χ2n) is 7.28. The fourth-order valence-electron chi connectivity index (χ4n) is 3.65. The number of aryl methyl sites for hydroxylation is 2. The molecule has 4 nitrogen and oxygen atoms in total. The Morgan fingerprint density at radius 1 is 1.21 bits per heavy atom. The lowest BCUT2D eigenvalue weighted by molar-refractivity contribution is -0.137. The van der Waals surface area contributed by atoms with E-state index in [-0.39, 0.29) is 5.91 Å². The summed E-state index contributed by atoms with van der Waals surface area (Å²) >= 11 is 0. The van der Waals surface area contributed by atoms with Crippen molar-refractivity contribution in [1.29, 1.82) is 0 Å². The molecule has 1 aromatic carbocycles. The van der Waals surface area contributed by atoms with Crippen LogP contribution in [0.4, 0.5) is 13.2 Å². The number of likely N-dealkylation sites (tertiary alicyclic amines) is 1. The first-order valence-electron chi connectivity index (χ1n) is 9.60. The summed E-state index contributed by atoms with van der Waals surface area (Å²) in [6.07, 6.45) is 4.86. The highest BCUT2D eigenvalue weighted by Crippen LogP contribution is 2.30. The predicted octanol–water partition coefficient (Wildman–Crippen LogP) is 4.30. The number of halogens is 3. The number of rotatable bonds is 6. The minimum Gasteiger partial charge on any atom is -0.342 e. The molecular weight excluding hydrogens is 367 g/mol. The van der Waals surface area contributed by atoms with Gasteiger partial charge in [0.15, 0.2) is 0 Å². The summed E-state index contributed by atoms with van der Waals surface area (Å²) in [5, 5.41) is 0. The molecule has 1 aliphatic rings. The molecule has 0 unspecified atom stereocenters. The zero-order chi connectivity index (χ0) is 20.0. The lowest BCUT2D eigenvalue weighted by atomic mass is 9.91. The first-order valence-corrected chi connectivity index (χ1v) is 9.60. The van der Waals surface area contributed by atoms with Gasteiger partial charge in [-0.05, 0) is 49.7 Å². The number of carbonyl (C=O) groups is 1. The van der Waals surface area contributed by atoms with Gasteiger partial charge in [0.1, 0.15) is 0 Å². The molecule has 1 fully saturated rings. The van der Waals surface area contributed by atoms with Crippen molar-refractivity contribution in [3.05, 3.63) is 59.7 Å². The van der Waals surface area contributed by atoms with Crippen LogP contribution in [0.5, 0.6) is 0 Å². The molecule has 0 spiro atoms. The third-order valence-corrected chi connectivity index (χ3v) is 5.18. The van der Waals surface area contributed by atoms with Crippen LogP contribution in [-0.4, -0.2) is 33.9 Å². The van der Waals surface area contributed by atoms with Gasteiger partial charge in [-0.15, -0.1) is 0 Å². The summed E-state index contributed by atoms with van der Waals surface area (Å²) in [6, 6.07) is 5.53. The third kappa shape index (κ3) is 5.78. The third-order valence-electron chi connectivity index (χ3n) is 5.18. The van der Waals surface area contributed by atoms with Crippen LogP contribution in [0, 0.1) is 5.92 Å². The van der Waals surface area contributed by atoms with Crippen molar-refractivity contribution in [2.45, 2.75) is 44.7 Å². The smallest absolute Gasteiger partial charge is 0.342 e. The normalized spacial score (nSPS) is 17.5. The second kappa shape index (κ2) is 9.17. The highest BCUT2D eigenvalue weighted by Gasteiger charge is 2.30. The van der Waals surface area contributed by atoms with E-state index in [9.17, 15) is 18.0 Å². The molecule has 1 atom stereocenters. The Labute approximate surface area is 162 Å². The first-order chi connectivity index (χ1) is 13.4. The van der Waals surface area contributed by atoms with Crippen LogP contribution < -0.4 is 0 Å². The highest BCUT2D eigenvalue weighted by atomic mass is 19.4. The number of nitrogens with zero attached hydrogens (tertiary/aromatic N) is 3. The van der Waals surface area contributed by atoms with Gasteiger partial charge in [-0.1, -0.05) is 18.2 Å². The van der Waals surface area contributed by atoms with E-state index in [4.69, 9.17) is 0 Å². The Balaban J connectivity index is 1.49. The molecule has 0 radical (unpaired) electrons. The molecule has 0 aliphatic carbocycles. The van der Waals surface area contributed by atoms with Crippen LogP contribution in [0.2, 0.25) is 0 Å². The number of carbonyl (C=O) groups excluding carboxylic acids is 1. The van der Waals surface area contributed by atoms with Crippen LogP contribution >= 0.6 is 0 Å². The molecule has 1 aromatic heterocycles. The molecular formula is C21H24F3N3O. The van der Waals surface area contributed by atoms with E-state index in [0.29, 0.717) is 37.3 Å². The molecule has 0 N–H and O–H groups in total. The van der Waals surface area contributed by atoms with E-state index in [1.807, 2.05) is 4.90 Å². The van der Waals surface area contributed by atoms with Gasteiger partial charge in [0, 0.05) is 38.1 Å². The molecule has 0 saturated carbocycles. The molecule has 1 amide bonds. The number of piperidine rings is 1. The predicted molar refractivity (Wildman–Crippen MR) is 99.4 cm³/mol. The van der Waals surface area contributed by atoms with Crippen molar-refractivity contribution in [2.24, 2.45) is 5.92 Å². The van der Waals surface area contributed by atoms with Gasteiger partial charge < -0.3 is 4.90 Å². The van der Waals surface area contributed by atoms with Gasteiger partial charge >= 0.3 is 6.18 Å². The molecule has 28 heavy (non-hydrogen) atoms. The molecule has 1 aliphatic heterocycles. The Morgan fingerprint density at radius 3 is 2.82 bits per heavy atom. The lowest BCUT2D eigenvalue weighted by Crippen LogP contribution is -2.40. The highest BCUT2D eigenvalue weighted by molar-refractivity contribution is 5.76. The van der Waals surface area contributed by atoms with E-state index in [1.54, 1.807) is 24.7 Å². The van der Waals surface area contributed by atoms with Gasteiger partial charge in [0.2, 0.25) is 5.91 Å². The van der Waals surface area contributed by atoms with Crippen molar-refractivity contribution in [3.8, 4) is 0 Å². The standard InChI is InChI=1S/C21H24F3N3O/c22-21(23,24)18-5-1-3-16(13-18)6-7-17-4-2-12-27(15-17)20(28)9-8-19-14-25-10-11-26-19/h1,3,5,10-11,13-14,17H,2,4,6-9,12,15H2/t17-/m0/s1. The van der Waals surface area contributed by atoms with Crippen molar-refractivity contribution in [1.82, 2.24) is 14.9 Å². The quantitative estimate of drug-likeness (QED) is 0.738. The van der Waals surface area contributed by atoms with Gasteiger partial charge in [-0.3, -0.25) is 14.8 Å². The number of alkyl halides is 3. The van der Waals surface area contributed by atoms with E-state index in [0.717, 1.165) is 37.6 Å². The number of aromatic nitrogens is 2. The Hall–Kier alpha value is -2.44. The van der Waals surface area contributed by atoms with E-state index in [1.165, 1.54) is 12.1 Å². The number of benzene rings is 1. The largest absolute Gasteiger partial charge is 0.416 e. The zero-order valence-electron chi connectivity index (χ0n) is 15.7. The Morgan fingerprint density at radius 2 is 2.07 bits per heavy atom. The molecule has 2 aromatic rings. The summed E-state index contributed by atoms with van der Waals surface area (Å²) in [6.45, 7) is 1.43. The fourth-order valence-corrected chi connectivity index (χ4v) is 3.65. The maximum absolute atomic E-state index is 12.8. The summed E-state index contributed by atoms with van der Waals surface area (Å²) in [5.74, 6) is 0.429. The SMILES string of the molecule is O=C(CCc1cnccn1)N1CCC[C@@H](CCc2cccc(C(F)(F)F)c2)C1. The first kappa shape index (κ1) is 20.3. The lowest BCUT2D eigenvalue weighted by Gasteiger charge is -2.33. The summed E-state index contributed by atoms with van der Waals surface area (Å²) < 4.78 is 38.5. The van der Waals surface area contributed by atoms with Crippen LogP contribution in [0.25, 0.3) is 0 Å². The molecule has 7 heteroatoms. The Kier molecular flexibility index (Phi) is 6.65. The van der Waals surface area contributed by atoms with E-state index < -0.39 is 11.7 Å².